The van der Waals surface area contributed by atoms with Crippen molar-refractivity contribution in [3.63, 3.8) is 0 Å². The fraction of sp³-hybridized carbons (Fsp3) is 0.765. The molecule has 4 nitrogen and oxygen atoms in total. The quantitative estimate of drug-likeness (QED) is 0.785. The van der Waals surface area contributed by atoms with E-state index in [0.29, 0.717) is 12.3 Å². The van der Waals surface area contributed by atoms with Crippen molar-refractivity contribution in [3.05, 3.63) is 15.6 Å². The molecule has 0 bridgehead atoms. The number of nitrogens with zero attached hydrogens (tertiary/aromatic N) is 2. The van der Waals surface area contributed by atoms with Crippen LogP contribution in [0.1, 0.15) is 47.7 Å². The maximum absolute atomic E-state index is 11.9. The van der Waals surface area contributed by atoms with E-state index in [0.717, 1.165) is 38.0 Å². The summed E-state index contributed by atoms with van der Waals surface area (Å²) in [6, 6.07) is 0. The Bertz CT molecular complexity index is 467. The van der Waals surface area contributed by atoms with E-state index in [4.69, 9.17) is 0 Å². The van der Waals surface area contributed by atoms with Gasteiger partial charge in [0.15, 0.2) is 0 Å². The zero-order chi connectivity index (χ0) is 15.9. The highest BCUT2D eigenvalue weighted by atomic mass is 32.1. The number of piperidine rings is 1. The minimum Gasteiger partial charge on any atom is -0.356 e. The fourth-order valence-electron chi connectivity index (χ4n) is 3.05. The maximum atomic E-state index is 11.9. The standard InChI is InChI=1S/C17H29N3OS/c1-13-14(2)22-17(19-13)7-4-10-18-16(21)9-8-15-6-5-11-20(3)12-15/h15H,4-12H2,1-3H3,(H,18,21)/t15-/m1/s1. The highest BCUT2D eigenvalue weighted by molar-refractivity contribution is 7.11. The number of rotatable bonds is 7. The van der Waals surface area contributed by atoms with Crippen LogP contribution in [-0.2, 0) is 11.2 Å². The van der Waals surface area contributed by atoms with Gasteiger partial charge >= 0.3 is 0 Å². The van der Waals surface area contributed by atoms with E-state index >= 15 is 0 Å². The van der Waals surface area contributed by atoms with Crippen molar-refractivity contribution >= 4 is 17.2 Å². The molecule has 2 heterocycles. The van der Waals surface area contributed by atoms with Crippen molar-refractivity contribution in [1.82, 2.24) is 15.2 Å². The molecule has 0 spiro atoms. The van der Waals surface area contributed by atoms with Gasteiger partial charge in [-0.1, -0.05) is 0 Å². The van der Waals surface area contributed by atoms with Crippen LogP contribution in [0.3, 0.4) is 0 Å². The van der Waals surface area contributed by atoms with Crippen molar-refractivity contribution < 1.29 is 4.79 Å². The van der Waals surface area contributed by atoms with Gasteiger partial charge in [-0.25, -0.2) is 4.98 Å². The normalized spacial score (nSPS) is 19.3. The Kier molecular flexibility index (Phi) is 6.83. The summed E-state index contributed by atoms with van der Waals surface area (Å²) < 4.78 is 0. The first-order valence-corrected chi connectivity index (χ1v) is 9.24. The van der Waals surface area contributed by atoms with Gasteiger partial charge < -0.3 is 10.2 Å². The zero-order valence-electron chi connectivity index (χ0n) is 14.2. The summed E-state index contributed by atoms with van der Waals surface area (Å²) in [7, 11) is 2.17. The minimum atomic E-state index is 0.208. The Morgan fingerprint density at radius 1 is 1.45 bits per heavy atom. The number of nitrogens with one attached hydrogen (secondary N) is 1. The Morgan fingerprint density at radius 3 is 2.95 bits per heavy atom. The number of carbonyl (C=O) groups is 1. The van der Waals surface area contributed by atoms with Crippen LogP contribution in [0.15, 0.2) is 0 Å². The summed E-state index contributed by atoms with van der Waals surface area (Å²) in [4.78, 5) is 20.1. The Hall–Kier alpha value is -0.940. The van der Waals surface area contributed by atoms with Gasteiger partial charge in [-0.15, -0.1) is 11.3 Å². The summed E-state index contributed by atoms with van der Waals surface area (Å²) in [6.45, 7) is 7.29. The molecule has 1 atom stereocenters. The van der Waals surface area contributed by atoms with Gasteiger partial charge in [-0.3, -0.25) is 4.79 Å². The average Bonchev–Trinajstić information content (AvgIpc) is 2.80. The molecule has 0 aliphatic carbocycles. The summed E-state index contributed by atoms with van der Waals surface area (Å²) >= 11 is 1.77. The SMILES string of the molecule is Cc1nc(CCCNC(=O)CC[C@H]2CCCN(C)C2)sc1C. The third-order valence-electron chi connectivity index (χ3n) is 4.46. The molecule has 124 valence electrons. The van der Waals surface area contributed by atoms with Crippen LogP contribution < -0.4 is 5.32 Å². The van der Waals surface area contributed by atoms with Crippen LogP contribution in [-0.4, -0.2) is 42.5 Å². The number of likely N-dealkylation sites (tertiary alicyclic amines) is 1. The fourth-order valence-corrected chi connectivity index (χ4v) is 4.02. The van der Waals surface area contributed by atoms with Crippen LogP contribution in [0.4, 0.5) is 0 Å². The lowest BCUT2D eigenvalue weighted by molar-refractivity contribution is -0.121. The first-order valence-electron chi connectivity index (χ1n) is 8.42. The highest BCUT2D eigenvalue weighted by Gasteiger charge is 2.17. The molecule has 1 aliphatic heterocycles. The van der Waals surface area contributed by atoms with Crippen molar-refractivity contribution in [1.29, 1.82) is 0 Å². The predicted octanol–water partition coefficient (Wildman–Crippen LogP) is 2.93. The van der Waals surface area contributed by atoms with Crippen molar-refractivity contribution in [2.45, 2.75) is 52.4 Å². The van der Waals surface area contributed by atoms with Gasteiger partial charge in [0, 0.05) is 30.8 Å². The molecule has 22 heavy (non-hydrogen) atoms. The molecule has 0 unspecified atom stereocenters. The van der Waals surface area contributed by atoms with Crippen molar-refractivity contribution in [3.8, 4) is 0 Å². The molecule has 0 aromatic carbocycles. The Balaban J connectivity index is 1.55. The number of thiazole rings is 1. The van der Waals surface area contributed by atoms with Crippen LogP contribution in [0.2, 0.25) is 0 Å². The van der Waals surface area contributed by atoms with Crippen molar-refractivity contribution in [2.24, 2.45) is 5.92 Å². The third kappa shape index (κ3) is 5.69. The lowest BCUT2D eigenvalue weighted by Crippen LogP contribution is -2.33. The summed E-state index contributed by atoms with van der Waals surface area (Å²) in [5.74, 6) is 0.908. The van der Waals surface area contributed by atoms with Gasteiger partial charge in [-0.05, 0) is 59.0 Å². The molecular formula is C17H29N3OS. The van der Waals surface area contributed by atoms with Gasteiger partial charge in [0.05, 0.1) is 10.7 Å². The molecule has 1 saturated heterocycles. The van der Waals surface area contributed by atoms with E-state index in [2.05, 4.69) is 36.1 Å². The lowest BCUT2D eigenvalue weighted by Gasteiger charge is -2.29. The van der Waals surface area contributed by atoms with E-state index in [1.54, 1.807) is 11.3 Å². The number of hydrogen-bond acceptors (Lipinski definition) is 4. The van der Waals surface area contributed by atoms with Crippen LogP contribution in [0.5, 0.6) is 0 Å². The number of amides is 1. The third-order valence-corrected chi connectivity index (χ3v) is 5.60. The molecule has 2 rings (SSSR count). The second-order valence-corrected chi connectivity index (χ2v) is 7.80. The molecule has 0 radical (unpaired) electrons. The molecule has 0 saturated carbocycles. The van der Waals surface area contributed by atoms with Crippen LogP contribution in [0, 0.1) is 19.8 Å². The molecule has 1 fully saturated rings. The molecule has 1 aromatic heterocycles. The predicted molar refractivity (Wildman–Crippen MR) is 92.4 cm³/mol. The average molecular weight is 324 g/mol. The van der Waals surface area contributed by atoms with E-state index in [9.17, 15) is 4.79 Å². The minimum absolute atomic E-state index is 0.208. The van der Waals surface area contributed by atoms with Gasteiger partial charge in [0.25, 0.3) is 0 Å². The molecular weight excluding hydrogens is 294 g/mol. The van der Waals surface area contributed by atoms with Crippen molar-refractivity contribution in [2.75, 3.05) is 26.7 Å². The first kappa shape index (κ1) is 17.4. The number of aryl methyl sites for hydroxylation is 3. The molecule has 1 aliphatic rings. The molecule has 1 N–H and O–H groups in total. The smallest absolute Gasteiger partial charge is 0.220 e. The summed E-state index contributed by atoms with van der Waals surface area (Å²) in [6.07, 6.45) is 6.20. The largest absolute Gasteiger partial charge is 0.356 e. The number of hydrogen-bond donors (Lipinski definition) is 1. The Labute approximate surface area is 138 Å². The van der Waals surface area contributed by atoms with E-state index in [1.807, 2.05) is 0 Å². The number of carbonyl (C=O) groups excluding carboxylic acids is 1. The summed E-state index contributed by atoms with van der Waals surface area (Å²) in [5.41, 5.74) is 1.14. The van der Waals surface area contributed by atoms with Crippen LogP contribution >= 0.6 is 11.3 Å². The lowest BCUT2D eigenvalue weighted by atomic mass is 9.93. The second kappa shape index (κ2) is 8.63. The van der Waals surface area contributed by atoms with Crippen LogP contribution in [0.25, 0.3) is 0 Å². The summed E-state index contributed by atoms with van der Waals surface area (Å²) in [5, 5.41) is 4.24. The van der Waals surface area contributed by atoms with E-state index < -0.39 is 0 Å². The monoisotopic (exact) mass is 323 g/mol. The Morgan fingerprint density at radius 2 is 2.27 bits per heavy atom. The van der Waals surface area contributed by atoms with E-state index in [1.165, 1.54) is 29.3 Å². The van der Waals surface area contributed by atoms with Gasteiger partial charge in [0.1, 0.15) is 0 Å². The van der Waals surface area contributed by atoms with Gasteiger partial charge in [-0.2, -0.15) is 0 Å². The maximum Gasteiger partial charge on any atom is 0.220 e. The van der Waals surface area contributed by atoms with Gasteiger partial charge in [0.2, 0.25) is 5.91 Å². The second-order valence-electron chi connectivity index (χ2n) is 6.51. The first-order chi connectivity index (χ1) is 10.5. The molecule has 1 amide bonds. The molecule has 1 aromatic rings. The molecule has 5 heteroatoms. The zero-order valence-corrected chi connectivity index (χ0v) is 15.0. The highest BCUT2D eigenvalue weighted by Crippen LogP contribution is 2.20. The van der Waals surface area contributed by atoms with E-state index in [-0.39, 0.29) is 5.91 Å². The number of aromatic nitrogens is 1. The topological polar surface area (TPSA) is 45.2 Å².